The molecule has 0 aromatic heterocycles. The summed E-state index contributed by atoms with van der Waals surface area (Å²) in [6.45, 7) is 0. The van der Waals surface area contributed by atoms with Crippen LogP contribution in [-0.4, -0.2) is 29.1 Å². The Morgan fingerprint density at radius 3 is 1.32 bits per heavy atom. The molecule has 0 aromatic carbocycles. The Labute approximate surface area is 190 Å². The molecule has 7 N–H and O–H groups in total. The maximum absolute atomic E-state index is 10.4. The fraction of sp³-hybridized carbons (Fsp3) is 0.920. The van der Waals surface area contributed by atoms with Crippen LogP contribution in [0.5, 0.6) is 0 Å². The van der Waals surface area contributed by atoms with E-state index in [2.05, 4.69) is 0 Å². The highest BCUT2D eigenvalue weighted by molar-refractivity contribution is 5.73. The molecular formula is C25H49N3O3. The van der Waals surface area contributed by atoms with Gasteiger partial charge in [0.2, 0.25) is 5.91 Å². The van der Waals surface area contributed by atoms with Gasteiger partial charge in [-0.05, 0) is 82.5 Å². The van der Waals surface area contributed by atoms with Gasteiger partial charge in [0, 0.05) is 24.9 Å². The van der Waals surface area contributed by atoms with Crippen molar-refractivity contribution in [2.75, 3.05) is 0 Å². The van der Waals surface area contributed by atoms with Crippen molar-refractivity contribution in [3.8, 4) is 0 Å². The summed E-state index contributed by atoms with van der Waals surface area (Å²) in [5.74, 6) is 1.04. The SMILES string of the molecule is NC(=O)CCCCCCCCCCC(=O)O.NC1CCC(CC2CCC(N)CC2)CC1. The summed E-state index contributed by atoms with van der Waals surface area (Å²) in [7, 11) is 0. The average Bonchev–Trinajstić information content (AvgIpc) is 2.73. The number of carboxylic acids is 1. The van der Waals surface area contributed by atoms with E-state index in [4.69, 9.17) is 22.3 Å². The first-order valence-electron chi connectivity index (χ1n) is 12.9. The lowest BCUT2D eigenvalue weighted by Gasteiger charge is -2.32. The quantitative estimate of drug-likeness (QED) is 0.304. The van der Waals surface area contributed by atoms with Crippen molar-refractivity contribution in [1.82, 2.24) is 0 Å². The topological polar surface area (TPSA) is 132 Å². The molecule has 1 amide bonds. The Morgan fingerprint density at radius 2 is 0.968 bits per heavy atom. The van der Waals surface area contributed by atoms with Crippen LogP contribution in [0.4, 0.5) is 0 Å². The third-order valence-corrected chi connectivity index (χ3v) is 7.01. The predicted octanol–water partition coefficient (Wildman–Crippen LogP) is 4.87. The fourth-order valence-electron chi connectivity index (χ4n) is 4.96. The Kier molecular flexibility index (Phi) is 15.7. The summed E-state index contributed by atoms with van der Waals surface area (Å²) < 4.78 is 0. The van der Waals surface area contributed by atoms with E-state index in [1.165, 1.54) is 64.2 Å². The Bertz CT molecular complexity index is 429. The maximum atomic E-state index is 10.4. The summed E-state index contributed by atoms with van der Waals surface area (Å²) in [5.41, 5.74) is 16.9. The minimum atomic E-state index is -0.702. The van der Waals surface area contributed by atoms with Gasteiger partial charge in [-0.1, -0.05) is 38.5 Å². The second kappa shape index (κ2) is 17.4. The van der Waals surface area contributed by atoms with Crippen LogP contribution in [0.2, 0.25) is 0 Å². The lowest BCUT2D eigenvalue weighted by molar-refractivity contribution is -0.137. The second-order valence-electron chi connectivity index (χ2n) is 9.99. The number of carbonyl (C=O) groups excluding carboxylic acids is 1. The maximum Gasteiger partial charge on any atom is 0.303 e. The van der Waals surface area contributed by atoms with Crippen LogP contribution in [0.3, 0.4) is 0 Å². The third-order valence-electron chi connectivity index (χ3n) is 7.01. The molecule has 0 spiro atoms. The molecule has 182 valence electrons. The Hall–Kier alpha value is -1.14. The van der Waals surface area contributed by atoms with Crippen molar-refractivity contribution in [3.05, 3.63) is 0 Å². The van der Waals surface area contributed by atoms with E-state index < -0.39 is 5.97 Å². The fourth-order valence-corrected chi connectivity index (χ4v) is 4.96. The summed E-state index contributed by atoms with van der Waals surface area (Å²) in [4.78, 5) is 20.7. The molecule has 31 heavy (non-hydrogen) atoms. The van der Waals surface area contributed by atoms with E-state index in [0.717, 1.165) is 56.8 Å². The largest absolute Gasteiger partial charge is 0.481 e. The molecular weight excluding hydrogens is 390 g/mol. The molecule has 2 rings (SSSR count). The molecule has 0 bridgehead atoms. The smallest absolute Gasteiger partial charge is 0.303 e. The average molecular weight is 440 g/mol. The number of amides is 1. The van der Waals surface area contributed by atoms with Gasteiger partial charge in [-0.2, -0.15) is 0 Å². The monoisotopic (exact) mass is 439 g/mol. The van der Waals surface area contributed by atoms with Gasteiger partial charge in [-0.15, -0.1) is 0 Å². The minimum absolute atomic E-state index is 0.214. The highest BCUT2D eigenvalue weighted by Gasteiger charge is 2.24. The van der Waals surface area contributed by atoms with Gasteiger partial charge in [0.25, 0.3) is 0 Å². The molecule has 0 aromatic rings. The van der Waals surface area contributed by atoms with E-state index in [1.54, 1.807) is 0 Å². The summed E-state index contributed by atoms with van der Waals surface area (Å²) in [5, 5.41) is 8.42. The number of aliphatic carboxylic acids is 1. The molecule has 0 radical (unpaired) electrons. The zero-order valence-electron chi connectivity index (χ0n) is 19.7. The van der Waals surface area contributed by atoms with Crippen LogP contribution in [-0.2, 0) is 9.59 Å². The Balaban J connectivity index is 0.000000310. The molecule has 2 saturated carbocycles. The van der Waals surface area contributed by atoms with Crippen LogP contribution >= 0.6 is 0 Å². The summed E-state index contributed by atoms with van der Waals surface area (Å²) in [6.07, 6.45) is 21.2. The van der Waals surface area contributed by atoms with Crippen LogP contribution in [0.25, 0.3) is 0 Å². The highest BCUT2D eigenvalue weighted by Crippen LogP contribution is 2.34. The molecule has 0 heterocycles. The number of carboxylic acid groups (broad SMARTS) is 1. The summed E-state index contributed by atoms with van der Waals surface area (Å²) in [6, 6.07) is 1.00. The van der Waals surface area contributed by atoms with E-state index >= 15 is 0 Å². The van der Waals surface area contributed by atoms with Gasteiger partial charge < -0.3 is 22.3 Å². The van der Waals surface area contributed by atoms with E-state index in [1.807, 2.05) is 0 Å². The van der Waals surface area contributed by atoms with E-state index in [-0.39, 0.29) is 5.91 Å². The molecule has 0 saturated heterocycles. The van der Waals surface area contributed by atoms with Crippen LogP contribution in [0, 0.1) is 11.8 Å². The normalized spacial score (nSPS) is 26.0. The van der Waals surface area contributed by atoms with Crippen molar-refractivity contribution < 1.29 is 14.7 Å². The number of rotatable bonds is 13. The van der Waals surface area contributed by atoms with Crippen molar-refractivity contribution in [2.24, 2.45) is 29.0 Å². The number of carbonyl (C=O) groups is 2. The predicted molar refractivity (Wildman–Crippen MR) is 127 cm³/mol. The second-order valence-corrected chi connectivity index (χ2v) is 9.99. The van der Waals surface area contributed by atoms with Crippen LogP contribution in [0.15, 0.2) is 0 Å². The number of primary amides is 1. The zero-order chi connectivity index (χ0) is 22.9. The van der Waals surface area contributed by atoms with Gasteiger partial charge in [0.15, 0.2) is 0 Å². The molecule has 2 aliphatic rings. The van der Waals surface area contributed by atoms with E-state index in [0.29, 0.717) is 24.9 Å². The first-order valence-corrected chi connectivity index (χ1v) is 12.9. The number of nitrogens with two attached hydrogens (primary N) is 3. The number of unbranched alkanes of at least 4 members (excludes halogenated alkanes) is 7. The van der Waals surface area contributed by atoms with Crippen molar-refractivity contribution >= 4 is 11.9 Å². The van der Waals surface area contributed by atoms with Gasteiger partial charge >= 0.3 is 5.97 Å². The zero-order valence-corrected chi connectivity index (χ0v) is 19.7. The van der Waals surface area contributed by atoms with Crippen molar-refractivity contribution in [1.29, 1.82) is 0 Å². The van der Waals surface area contributed by atoms with Gasteiger partial charge in [0.1, 0.15) is 0 Å². The molecule has 6 nitrogen and oxygen atoms in total. The minimum Gasteiger partial charge on any atom is -0.481 e. The molecule has 0 aliphatic heterocycles. The number of hydrogen-bond donors (Lipinski definition) is 4. The van der Waals surface area contributed by atoms with Gasteiger partial charge in [0.05, 0.1) is 0 Å². The molecule has 0 unspecified atom stereocenters. The highest BCUT2D eigenvalue weighted by atomic mass is 16.4. The van der Waals surface area contributed by atoms with Crippen molar-refractivity contribution in [2.45, 2.75) is 134 Å². The Morgan fingerprint density at radius 1 is 0.613 bits per heavy atom. The standard InChI is InChI=1S/C13H26N2.C12H23NO3/c14-12-5-1-10(2-6-12)9-11-3-7-13(15)8-4-11;13-11(14)9-7-5-3-1-2-4-6-8-10-12(15)16/h10-13H,1-9,14-15H2;1-10H2,(H2,13,14)(H,15,16). The first-order chi connectivity index (χ1) is 14.9. The molecule has 2 fully saturated rings. The van der Waals surface area contributed by atoms with Crippen LogP contribution in [0.1, 0.15) is 122 Å². The third kappa shape index (κ3) is 16.2. The first kappa shape index (κ1) is 27.9. The lowest BCUT2D eigenvalue weighted by Crippen LogP contribution is -2.30. The lowest BCUT2D eigenvalue weighted by atomic mass is 9.76. The van der Waals surface area contributed by atoms with Gasteiger partial charge in [-0.25, -0.2) is 0 Å². The molecule has 0 atom stereocenters. The van der Waals surface area contributed by atoms with Crippen LogP contribution < -0.4 is 17.2 Å². The number of hydrogen-bond acceptors (Lipinski definition) is 4. The molecule has 2 aliphatic carbocycles. The molecule has 6 heteroatoms. The van der Waals surface area contributed by atoms with Crippen molar-refractivity contribution in [3.63, 3.8) is 0 Å². The van der Waals surface area contributed by atoms with Gasteiger partial charge in [-0.3, -0.25) is 9.59 Å². The van der Waals surface area contributed by atoms with E-state index in [9.17, 15) is 9.59 Å². The summed E-state index contributed by atoms with van der Waals surface area (Å²) >= 11 is 0.